The number of carbonyl (C=O) groups is 2. The first kappa shape index (κ1) is 16.5. The Morgan fingerprint density at radius 2 is 2.00 bits per heavy atom. The van der Waals surface area contributed by atoms with Crippen molar-refractivity contribution >= 4 is 17.6 Å². The van der Waals surface area contributed by atoms with Gasteiger partial charge in [0.2, 0.25) is 5.82 Å². The lowest BCUT2D eigenvalue weighted by atomic mass is 10.1. The normalized spacial score (nSPS) is 10.1. The number of hydrogen-bond acceptors (Lipinski definition) is 5. The van der Waals surface area contributed by atoms with Gasteiger partial charge in [-0.25, -0.2) is 4.39 Å². The van der Waals surface area contributed by atoms with Crippen LogP contribution in [0.3, 0.4) is 0 Å². The smallest absolute Gasteiger partial charge is 0.325 e. The molecule has 0 aromatic heterocycles. The Labute approximate surface area is 118 Å². The molecule has 1 aromatic carbocycles. The number of halogens is 2. The zero-order chi connectivity index (χ0) is 16.2. The summed E-state index contributed by atoms with van der Waals surface area (Å²) in [6, 6.07) is 0.907. The van der Waals surface area contributed by atoms with Crippen LogP contribution in [0.2, 0.25) is 0 Å². The molecule has 9 heteroatoms. The number of likely N-dealkylation sites (N-methyl/N-ethyl adjacent to an activating group) is 1. The molecule has 0 unspecified atom stereocenters. The third kappa shape index (κ3) is 3.94. The molecular formula is C12H12F2N2O5. The SMILES string of the molecule is CCOC(=O)CN(C)C(=O)c1cc(F)cc([N+](=O)[O-])c1F. The highest BCUT2D eigenvalue weighted by Gasteiger charge is 2.26. The van der Waals surface area contributed by atoms with Crippen molar-refractivity contribution in [1.82, 2.24) is 4.90 Å². The number of nitro benzene ring substituents is 1. The summed E-state index contributed by atoms with van der Waals surface area (Å²) in [5.41, 5.74) is -1.98. The summed E-state index contributed by atoms with van der Waals surface area (Å²) in [7, 11) is 1.16. The van der Waals surface area contributed by atoms with Gasteiger partial charge in [-0.2, -0.15) is 4.39 Å². The minimum absolute atomic E-state index is 0.0979. The Morgan fingerprint density at radius 3 is 2.52 bits per heavy atom. The van der Waals surface area contributed by atoms with Crippen molar-refractivity contribution in [3.8, 4) is 0 Å². The lowest BCUT2D eigenvalue weighted by molar-refractivity contribution is -0.387. The second-order valence-corrected chi connectivity index (χ2v) is 4.01. The van der Waals surface area contributed by atoms with Crippen LogP contribution < -0.4 is 0 Å². The van der Waals surface area contributed by atoms with Gasteiger partial charge in [0.1, 0.15) is 12.4 Å². The fraction of sp³-hybridized carbons (Fsp3) is 0.333. The zero-order valence-corrected chi connectivity index (χ0v) is 11.3. The minimum Gasteiger partial charge on any atom is -0.465 e. The van der Waals surface area contributed by atoms with E-state index in [2.05, 4.69) is 4.74 Å². The molecule has 7 nitrogen and oxygen atoms in total. The largest absolute Gasteiger partial charge is 0.465 e. The van der Waals surface area contributed by atoms with Crippen molar-refractivity contribution in [3.63, 3.8) is 0 Å². The molecule has 0 N–H and O–H groups in total. The first-order valence-electron chi connectivity index (χ1n) is 5.82. The fourth-order valence-electron chi connectivity index (χ4n) is 1.54. The highest BCUT2D eigenvalue weighted by Crippen LogP contribution is 2.23. The Bertz CT molecular complexity index is 591. The molecule has 21 heavy (non-hydrogen) atoms. The predicted molar refractivity (Wildman–Crippen MR) is 66.6 cm³/mol. The van der Waals surface area contributed by atoms with Gasteiger partial charge in [0.05, 0.1) is 23.2 Å². The van der Waals surface area contributed by atoms with Crippen LogP contribution in [0.25, 0.3) is 0 Å². The van der Waals surface area contributed by atoms with Crippen LogP contribution in [0, 0.1) is 21.7 Å². The van der Waals surface area contributed by atoms with Gasteiger partial charge in [-0.1, -0.05) is 0 Å². The number of rotatable bonds is 5. The van der Waals surface area contributed by atoms with E-state index in [4.69, 9.17) is 0 Å². The Kier molecular flexibility index (Phi) is 5.28. The van der Waals surface area contributed by atoms with Crippen molar-refractivity contribution in [3.05, 3.63) is 39.4 Å². The average Bonchev–Trinajstić information content (AvgIpc) is 2.40. The number of carbonyl (C=O) groups excluding carboxylic acids is 2. The summed E-state index contributed by atoms with van der Waals surface area (Å²) in [6.07, 6.45) is 0. The number of amides is 1. The highest BCUT2D eigenvalue weighted by atomic mass is 19.1. The molecule has 114 valence electrons. The molecule has 0 heterocycles. The zero-order valence-electron chi connectivity index (χ0n) is 11.3. The topological polar surface area (TPSA) is 89.8 Å². The quantitative estimate of drug-likeness (QED) is 0.467. The van der Waals surface area contributed by atoms with Gasteiger partial charge in [-0.15, -0.1) is 0 Å². The third-order valence-corrected chi connectivity index (χ3v) is 2.46. The Balaban J connectivity index is 3.07. The summed E-state index contributed by atoms with van der Waals surface area (Å²) < 4.78 is 31.7. The second kappa shape index (κ2) is 6.73. The molecule has 0 saturated carbocycles. The van der Waals surface area contributed by atoms with Gasteiger partial charge in [0.25, 0.3) is 5.91 Å². The Morgan fingerprint density at radius 1 is 1.38 bits per heavy atom. The molecular weight excluding hydrogens is 290 g/mol. The summed E-state index contributed by atoms with van der Waals surface area (Å²) in [5.74, 6) is -4.39. The van der Waals surface area contributed by atoms with Crippen molar-refractivity contribution in [2.75, 3.05) is 20.2 Å². The molecule has 0 spiro atoms. The maximum absolute atomic E-state index is 13.8. The van der Waals surface area contributed by atoms with E-state index < -0.39 is 46.2 Å². The highest BCUT2D eigenvalue weighted by molar-refractivity contribution is 5.96. The maximum atomic E-state index is 13.8. The molecule has 0 aliphatic rings. The second-order valence-electron chi connectivity index (χ2n) is 4.01. The molecule has 0 saturated heterocycles. The molecule has 1 amide bonds. The summed E-state index contributed by atoms with van der Waals surface area (Å²) >= 11 is 0. The van der Waals surface area contributed by atoms with E-state index in [1.54, 1.807) is 6.92 Å². The van der Waals surface area contributed by atoms with Crippen molar-refractivity contribution in [2.45, 2.75) is 6.92 Å². The van der Waals surface area contributed by atoms with E-state index in [9.17, 15) is 28.5 Å². The number of nitro groups is 1. The van der Waals surface area contributed by atoms with Gasteiger partial charge in [-0.3, -0.25) is 19.7 Å². The summed E-state index contributed by atoms with van der Waals surface area (Å²) in [5, 5.41) is 10.6. The molecule has 0 aliphatic carbocycles. The first-order chi connectivity index (χ1) is 9.77. The summed E-state index contributed by atoms with van der Waals surface area (Å²) in [4.78, 5) is 33.4. The monoisotopic (exact) mass is 302 g/mol. The number of esters is 1. The standard InChI is InChI=1S/C12H12F2N2O5/c1-3-21-10(17)6-15(2)12(18)8-4-7(13)5-9(11(8)14)16(19)20/h4-5H,3,6H2,1-2H3. The van der Waals surface area contributed by atoms with Gasteiger partial charge in [0, 0.05) is 7.05 Å². The fourth-order valence-corrected chi connectivity index (χ4v) is 1.54. The predicted octanol–water partition coefficient (Wildman–Crippen LogP) is 1.51. The van der Waals surface area contributed by atoms with Crippen molar-refractivity contribution < 1.29 is 28.0 Å². The number of ether oxygens (including phenoxy) is 1. The van der Waals surface area contributed by atoms with Crippen LogP contribution in [0.4, 0.5) is 14.5 Å². The first-order valence-corrected chi connectivity index (χ1v) is 5.82. The minimum atomic E-state index is -1.46. The average molecular weight is 302 g/mol. The lowest BCUT2D eigenvalue weighted by Gasteiger charge is -2.16. The third-order valence-electron chi connectivity index (χ3n) is 2.46. The van der Waals surface area contributed by atoms with Crippen LogP contribution >= 0.6 is 0 Å². The molecule has 1 rings (SSSR count). The summed E-state index contributed by atoms with van der Waals surface area (Å²) in [6.45, 7) is 1.17. The van der Waals surface area contributed by atoms with E-state index in [0.717, 1.165) is 11.9 Å². The van der Waals surface area contributed by atoms with Crippen LogP contribution in [0.15, 0.2) is 12.1 Å². The van der Waals surface area contributed by atoms with Gasteiger partial charge in [-0.05, 0) is 13.0 Å². The van der Waals surface area contributed by atoms with Crippen molar-refractivity contribution in [2.24, 2.45) is 0 Å². The molecule has 0 bridgehead atoms. The van der Waals surface area contributed by atoms with E-state index in [1.165, 1.54) is 0 Å². The number of benzene rings is 1. The Hall–Kier alpha value is -2.58. The number of hydrogen-bond donors (Lipinski definition) is 0. The van der Waals surface area contributed by atoms with Crippen molar-refractivity contribution in [1.29, 1.82) is 0 Å². The molecule has 1 aromatic rings. The van der Waals surface area contributed by atoms with Gasteiger partial charge >= 0.3 is 11.7 Å². The van der Waals surface area contributed by atoms with Crippen LogP contribution in [0.1, 0.15) is 17.3 Å². The van der Waals surface area contributed by atoms with Crippen LogP contribution in [-0.2, 0) is 9.53 Å². The molecule has 0 radical (unpaired) electrons. The van der Waals surface area contributed by atoms with Crippen LogP contribution in [-0.4, -0.2) is 41.9 Å². The molecule has 0 aliphatic heterocycles. The van der Waals surface area contributed by atoms with E-state index in [0.29, 0.717) is 12.1 Å². The lowest BCUT2D eigenvalue weighted by Crippen LogP contribution is -2.33. The maximum Gasteiger partial charge on any atom is 0.325 e. The van der Waals surface area contributed by atoms with Crippen LogP contribution in [0.5, 0.6) is 0 Å². The van der Waals surface area contributed by atoms with E-state index in [1.807, 2.05) is 0 Å². The molecule has 0 atom stereocenters. The van der Waals surface area contributed by atoms with Gasteiger partial charge < -0.3 is 9.64 Å². The molecule has 0 fully saturated rings. The van der Waals surface area contributed by atoms with E-state index >= 15 is 0 Å². The van der Waals surface area contributed by atoms with E-state index in [-0.39, 0.29) is 6.61 Å². The van der Waals surface area contributed by atoms with Gasteiger partial charge in [0.15, 0.2) is 0 Å². The number of nitrogens with zero attached hydrogens (tertiary/aromatic N) is 2.